The standard InChI is InChI=1S/C12H17NO2/c1-8-5-10(11(7-14)13-3)6-9(2)12(8)15-4/h5-7,11,13H,1-4H3. The highest BCUT2D eigenvalue weighted by Gasteiger charge is 2.11. The van der Waals surface area contributed by atoms with Gasteiger partial charge in [0.1, 0.15) is 12.0 Å². The minimum Gasteiger partial charge on any atom is -0.496 e. The monoisotopic (exact) mass is 207 g/mol. The maximum absolute atomic E-state index is 10.8. The molecule has 1 atom stereocenters. The fourth-order valence-electron chi connectivity index (χ4n) is 1.80. The van der Waals surface area contributed by atoms with Gasteiger partial charge in [0.2, 0.25) is 0 Å². The molecule has 0 aliphatic heterocycles. The van der Waals surface area contributed by atoms with Gasteiger partial charge in [0.05, 0.1) is 13.2 Å². The quantitative estimate of drug-likeness (QED) is 0.765. The molecule has 0 aromatic heterocycles. The molecule has 0 aliphatic carbocycles. The number of carbonyl (C=O) groups excluding carboxylic acids is 1. The van der Waals surface area contributed by atoms with Gasteiger partial charge >= 0.3 is 0 Å². The van der Waals surface area contributed by atoms with Crippen molar-refractivity contribution in [3.63, 3.8) is 0 Å². The first-order valence-electron chi connectivity index (χ1n) is 4.91. The fourth-order valence-corrected chi connectivity index (χ4v) is 1.80. The number of hydrogen-bond donors (Lipinski definition) is 1. The number of rotatable bonds is 4. The number of carbonyl (C=O) groups is 1. The highest BCUT2D eigenvalue weighted by atomic mass is 16.5. The van der Waals surface area contributed by atoms with Gasteiger partial charge in [-0.25, -0.2) is 0 Å². The van der Waals surface area contributed by atoms with Crippen molar-refractivity contribution in [2.75, 3.05) is 14.2 Å². The Bertz CT molecular complexity index is 338. The van der Waals surface area contributed by atoms with E-state index in [2.05, 4.69) is 5.32 Å². The molecule has 0 saturated carbocycles. The van der Waals surface area contributed by atoms with Crippen molar-refractivity contribution in [2.45, 2.75) is 19.9 Å². The van der Waals surface area contributed by atoms with Gasteiger partial charge < -0.3 is 14.8 Å². The molecule has 0 heterocycles. The second kappa shape index (κ2) is 4.94. The molecule has 0 bridgehead atoms. The van der Waals surface area contributed by atoms with Gasteiger partial charge in [-0.15, -0.1) is 0 Å². The smallest absolute Gasteiger partial charge is 0.141 e. The molecule has 82 valence electrons. The Morgan fingerprint density at radius 2 is 1.87 bits per heavy atom. The molecule has 1 rings (SSSR count). The van der Waals surface area contributed by atoms with Crippen molar-refractivity contribution in [3.8, 4) is 5.75 Å². The number of nitrogens with one attached hydrogen (secondary N) is 1. The molecular weight excluding hydrogens is 190 g/mol. The summed E-state index contributed by atoms with van der Waals surface area (Å²) in [6.07, 6.45) is 0.903. The molecule has 1 aromatic rings. The van der Waals surface area contributed by atoms with Crippen LogP contribution < -0.4 is 10.1 Å². The molecule has 0 saturated heterocycles. The number of likely N-dealkylation sites (N-methyl/N-ethyl adjacent to an activating group) is 1. The van der Waals surface area contributed by atoms with Gasteiger partial charge in [-0.05, 0) is 37.6 Å². The number of aryl methyl sites for hydroxylation is 2. The van der Waals surface area contributed by atoms with E-state index in [9.17, 15) is 4.79 Å². The molecular formula is C12H17NO2. The van der Waals surface area contributed by atoms with E-state index < -0.39 is 0 Å². The number of benzene rings is 1. The lowest BCUT2D eigenvalue weighted by Crippen LogP contribution is -2.17. The largest absolute Gasteiger partial charge is 0.496 e. The third-order valence-electron chi connectivity index (χ3n) is 2.49. The van der Waals surface area contributed by atoms with E-state index in [-0.39, 0.29) is 6.04 Å². The number of ether oxygens (including phenoxy) is 1. The van der Waals surface area contributed by atoms with Gasteiger partial charge in [-0.3, -0.25) is 0 Å². The lowest BCUT2D eigenvalue weighted by Gasteiger charge is -2.14. The lowest BCUT2D eigenvalue weighted by molar-refractivity contribution is -0.109. The van der Waals surface area contributed by atoms with Crippen molar-refractivity contribution in [3.05, 3.63) is 28.8 Å². The van der Waals surface area contributed by atoms with Gasteiger partial charge in [0.25, 0.3) is 0 Å². The third kappa shape index (κ3) is 2.36. The molecule has 0 fully saturated rings. The lowest BCUT2D eigenvalue weighted by atomic mass is 10.0. The first-order valence-corrected chi connectivity index (χ1v) is 4.91. The van der Waals surface area contributed by atoms with Crippen LogP contribution in [0.3, 0.4) is 0 Å². The van der Waals surface area contributed by atoms with Crippen LogP contribution in [0, 0.1) is 13.8 Å². The first kappa shape index (κ1) is 11.7. The van der Waals surface area contributed by atoms with Crippen LogP contribution in [-0.4, -0.2) is 20.4 Å². The van der Waals surface area contributed by atoms with Gasteiger partial charge in [0.15, 0.2) is 0 Å². The maximum Gasteiger partial charge on any atom is 0.141 e. The van der Waals surface area contributed by atoms with Gasteiger partial charge in [-0.1, -0.05) is 12.1 Å². The first-order chi connectivity index (χ1) is 7.13. The summed E-state index contributed by atoms with van der Waals surface area (Å²) < 4.78 is 5.27. The summed E-state index contributed by atoms with van der Waals surface area (Å²) >= 11 is 0. The number of aldehydes is 1. The van der Waals surface area contributed by atoms with Crippen LogP contribution in [0.5, 0.6) is 5.75 Å². The highest BCUT2D eigenvalue weighted by Crippen LogP contribution is 2.26. The molecule has 15 heavy (non-hydrogen) atoms. The van der Waals surface area contributed by atoms with E-state index in [0.717, 1.165) is 28.7 Å². The summed E-state index contributed by atoms with van der Waals surface area (Å²) in [5.74, 6) is 0.888. The predicted octanol–water partition coefficient (Wildman–Crippen LogP) is 1.77. The van der Waals surface area contributed by atoms with E-state index in [1.165, 1.54) is 0 Å². The molecule has 0 amide bonds. The molecule has 3 heteroatoms. The predicted molar refractivity (Wildman–Crippen MR) is 60.3 cm³/mol. The average Bonchev–Trinajstić information content (AvgIpc) is 2.19. The molecule has 3 nitrogen and oxygen atoms in total. The topological polar surface area (TPSA) is 38.3 Å². The zero-order valence-corrected chi connectivity index (χ0v) is 9.63. The molecule has 1 N–H and O–H groups in total. The summed E-state index contributed by atoms with van der Waals surface area (Å²) in [6.45, 7) is 3.96. The summed E-state index contributed by atoms with van der Waals surface area (Å²) in [5, 5.41) is 2.95. The minimum atomic E-state index is -0.242. The molecule has 1 aromatic carbocycles. The van der Waals surface area contributed by atoms with E-state index in [1.807, 2.05) is 26.0 Å². The number of methoxy groups -OCH3 is 1. The van der Waals surface area contributed by atoms with Crippen molar-refractivity contribution in [1.82, 2.24) is 5.32 Å². The van der Waals surface area contributed by atoms with Crippen molar-refractivity contribution in [1.29, 1.82) is 0 Å². The van der Waals surface area contributed by atoms with Crippen LogP contribution >= 0.6 is 0 Å². The maximum atomic E-state index is 10.8. The van der Waals surface area contributed by atoms with Crippen LogP contribution in [0.4, 0.5) is 0 Å². The van der Waals surface area contributed by atoms with Crippen LogP contribution in [0.25, 0.3) is 0 Å². The average molecular weight is 207 g/mol. The van der Waals surface area contributed by atoms with Crippen LogP contribution in [0.15, 0.2) is 12.1 Å². The van der Waals surface area contributed by atoms with Crippen LogP contribution in [-0.2, 0) is 4.79 Å². The Kier molecular flexibility index (Phi) is 3.86. The summed E-state index contributed by atoms with van der Waals surface area (Å²) in [4.78, 5) is 10.8. The Labute approximate surface area is 90.4 Å². The molecule has 0 radical (unpaired) electrons. The Hall–Kier alpha value is -1.35. The van der Waals surface area contributed by atoms with E-state index in [0.29, 0.717) is 0 Å². The SMILES string of the molecule is CNC(C=O)c1cc(C)c(OC)c(C)c1. The normalized spacial score (nSPS) is 12.3. The highest BCUT2D eigenvalue weighted by molar-refractivity contribution is 5.62. The van der Waals surface area contributed by atoms with E-state index in [4.69, 9.17) is 4.74 Å². The Balaban J connectivity index is 3.18. The summed E-state index contributed by atoms with van der Waals surface area (Å²) in [6, 6.07) is 3.70. The third-order valence-corrected chi connectivity index (χ3v) is 2.49. The fraction of sp³-hybridized carbons (Fsp3) is 0.417. The zero-order valence-electron chi connectivity index (χ0n) is 9.63. The molecule has 0 aliphatic rings. The summed E-state index contributed by atoms with van der Waals surface area (Å²) in [5.41, 5.74) is 3.08. The van der Waals surface area contributed by atoms with Gasteiger partial charge in [0, 0.05) is 0 Å². The second-order valence-corrected chi connectivity index (χ2v) is 3.59. The zero-order chi connectivity index (χ0) is 11.4. The van der Waals surface area contributed by atoms with Crippen LogP contribution in [0.1, 0.15) is 22.7 Å². The van der Waals surface area contributed by atoms with E-state index >= 15 is 0 Å². The second-order valence-electron chi connectivity index (χ2n) is 3.59. The molecule has 1 unspecified atom stereocenters. The van der Waals surface area contributed by atoms with Gasteiger partial charge in [-0.2, -0.15) is 0 Å². The van der Waals surface area contributed by atoms with Crippen molar-refractivity contribution >= 4 is 6.29 Å². The summed E-state index contributed by atoms with van der Waals surface area (Å²) in [7, 11) is 3.43. The van der Waals surface area contributed by atoms with Crippen molar-refractivity contribution in [2.24, 2.45) is 0 Å². The Morgan fingerprint density at radius 1 is 1.33 bits per heavy atom. The van der Waals surface area contributed by atoms with Crippen molar-refractivity contribution < 1.29 is 9.53 Å². The Morgan fingerprint density at radius 3 is 2.20 bits per heavy atom. The van der Waals surface area contributed by atoms with E-state index in [1.54, 1.807) is 14.2 Å². The number of hydrogen-bond acceptors (Lipinski definition) is 3. The van der Waals surface area contributed by atoms with Crippen LogP contribution in [0.2, 0.25) is 0 Å². The minimum absolute atomic E-state index is 0.242. The molecule has 0 spiro atoms.